The van der Waals surface area contributed by atoms with Crippen LogP contribution in [0.4, 0.5) is 0 Å². The molecule has 0 aromatic heterocycles. The molecular weight excluding hydrogens is 302 g/mol. The zero-order valence-corrected chi connectivity index (χ0v) is 14.8. The van der Waals surface area contributed by atoms with Gasteiger partial charge in [0.2, 0.25) is 11.8 Å². The van der Waals surface area contributed by atoms with E-state index >= 15 is 0 Å². The van der Waals surface area contributed by atoms with Crippen LogP contribution >= 0.6 is 0 Å². The minimum Gasteiger partial charge on any atom is -0.356 e. The van der Waals surface area contributed by atoms with E-state index in [-0.39, 0.29) is 17.9 Å². The fourth-order valence-corrected chi connectivity index (χ4v) is 3.30. The largest absolute Gasteiger partial charge is 0.356 e. The average molecular weight is 331 g/mol. The first-order chi connectivity index (χ1) is 11.6. The minimum absolute atomic E-state index is 0.00279. The van der Waals surface area contributed by atoms with Gasteiger partial charge in [0.15, 0.2) is 0 Å². The molecule has 5 nitrogen and oxygen atoms in total. The van der Waals surface area contributed by atoms with Gasteiger partial charge in [-0.05, 0) is 38.3 Å². The molecule has 0 saturated carbocycles. The standard InChI is InChI=1S/C19H29N3O2/c1-15(23)21-14-18-11-10-17(22(18)2)13-19(24)20-12-6-9-16-7-4-3-5-8-16/h3-5,7-8,17-18H,6,9-14H2,1-2H3,(H,20,24)(H,21,23)/t17-,18+/m0/s1. The lowest BCUT2D eigenvalue weighted by molar-refractivity contribution is -0.122. The van der Waals surface area contributed by atoms with Gasteiger partial charge in [0.25, 0.3) is 0 Å². The van der Waals surface area contributed by atoms with Gasteiger partial charge in [0, 0.05) is 38.5 Å². The molecule has 0 radical (unpaired) electrons. The molecule has 2 rings (SSSR count). The number of carbonyl (C=O) groups excluding carboxylic acids is 2. The summed E-state index contributed by atoms with van der Waals surface area (Å²) in [6, 6.07) is 10.9. The van der Waals surface area contributed by atoms with Crippen molar-refractivity contribution in [1.82, 2.24) is 15.5 Å². The maximum Gasteiger partial charge on any atom is 0.221 e. The number of benzene rings is 1. The van der Waals surface area contributed by atoms with E-state index in [0.717, 1.165) is 32.2 Å². The number of carbonyl (C=O) groups is 2. The summed E-state index contributed by atoms with van der Waals surface area (Å²) in [7, 11) is 2.05. The summed E-state index contributed by atoms with van der Waals surface area (Å²) in [5.74, 6) is 0.128. The molecule has 1 aliphatic heterocycles. The summed E-state index contributed by atoms with van der Waals surface area (Å²) in [4.78, 5) is 25.4. The van der Waals surface area contributed by atoms with Crippen LogP contribution in [0.5, 0.6) is 0 Å². The van der Waals surface area contributed by atoms with Crippen molar-refractivity contribution in [2.45, 2.75) is 51.1 Å². The fourth-order valence-electron chi connectivity index (χ4n) is 3.30. The van der Waals surface area contributed by atoms with Crippen molar-refractivity contribution >= 4 is 11.8 Å². The first-order valence-electron chi connectivity index (χ1n) is 8.83. The van der Waals surface area contributed by atoms with Crippen LogP contribution in [0.2, 0.25) is 0 Å². The van der Waals surface area contributed by atoms with Crippen molar-refractivity contribution in [2.75, 3.05) is 20.1 Å². The first kappa shape index (κ1) is 18.5. The highest BCUT2D eigenvalue weighted by atomic mass is 16.2. The van der Waals surface area contributed by atoms with Gasteiger partial charge < -0.3 is 10.6 Å². The van der Waals surface area contributed by atoms with Crippen molar-refractivity contribution < 1.29 is 9.59 Å². The van der Waals surface area contributed by atoms with Crippen LogP contribution in [-0.4, -0.2) is 48.9 Å². The predicted octanol–water partition coefficient (Wildman–Crippen LogP) is 1.72. The number of nitrogens with zero attached hydrogens (tertiary/aromatic N) is 1. The third-order valence-electron chi connectivity index (χ3n) is 4.80. The predicted molar refractivity (Wildman–Crippen MR) is 95.6 cm³/mol. The molecule has 2 amide bonds. The van der Waals surface area contributed by atoms with Crippen molar-refractivity contribution in [1.29, 1.82) is 0 Å². The second-order valence-corrected chi connectivity index (χ2v) is 6.63. The number of nitrogens with one attached hydrogen (secondary N) is 2. The number of rotatable bonds is 8. The van der Waals surface area contributed by atoms with E-state index in [1.807, 2.05) is 25.2 Å². The molecule has 2 N–H and O–H groups in total. The number of likely N-dealkylation sites (tertiary alicyclic amines) is 1. The highest BCUT2D eigenvalue weighted by molar-refractivity contribution is 5.76. The average Bonchev–Trinajstić information content (AvgIpc) is 2.91. The van der Waals surface area contributed by atoms with E-state index in [2.05, 4.69) is 27.7 Å². The molecule has 1 saturated heterocycles. The topological polar surface area (TPSA) is 61.4 Å². The first-order valence-corrected chi connectivity index (χ1v) is 8.83. The molecule has 1 fully saturated rings. The van der Waals surface area contributed by atoms with E-state index in [1.54, 1.807) is 0 Å². The Labute approximate surface area is 144 Å². The Hall–Kier alpha value is -1.88. The second kappa shape index (κ2) is 9.42. The van der Waals surface area contributed by atoms with Crippen LogP contribution in [0.25, 0.3) is 0 Å². The fraction of sp³-hybridized carbons (Fsp3) is 0.579. The number of likely N-dealkylation sites (N-methyl/N-ethyl adjacent to an activating group) is 1. The van der Waals surface area contributed by atoms with Gasteiger partial charge in [-0.3, -0.25) is 14.5 Å². The van der Waals surface area contributed by atoms with Crippen molar-refractivity contribution in [2.24, 2.45) is 0 Å². The van der Waals surface area contributed by atoms with Crippen LogP contribution in [0.15, 0.2) is 30.3 Å². The number of amides is 2. The van der Waals surface area contributed by atoms with Crippen LogP contribution in [-0.2, 0) is 16.0 Å². The second-order valence-electron chi connectivity index (χ2n) is 6.63. The summed E-state index contributed by atoms with van der Waals surface area (Å²) in [5.41, 5.74) is 1.31. The number of aryl methyl sites for hydroxylation is 1. The molecule has 132 valence electrons. The SMILES string of the molecule is CC(=O)NC[C@H]1CC[C@@H](CC(=O)NCCCc2ccccc2)N1C. The molecule has 0 unspecified atom stereocenters. The van der Waals surface area contributed by atoms with E-state index in [4.69, 9.17) is 0 Å². The molecule has 0 bridgehead atoms. The molecule has 5 heteroatoms. The summed E-state index contributed by atoms with van der Waals surface area (Å²) >= 11 is 0. The Morgan fingerprint density at radius 1 is 1.12 bits per heavy atom. The zero-order valence-electron chi connectivity index (χ0n) is 14.8. The van der Waals surface area contributed by atoms with Crippen molar-refractivity contribution in [3.05, 3.63) is 35.9 Å². The summed E-state index contributed by atoms with van der Waals surface area (Å²) < 4.78 is 0. The third kappa shape index (κ3) is 5.96. The van der Waals surface area contributed by atoms with Gasteiger partial charge in [-0.15, -0.1) is 0 Å². The van der Waals surface area contributed by atoms with Crippen molar-refractivity contribution in [3.63, 3.8) is 0 Å². The molecule has 0 aliphatic carbocycles. The highest BCUT2D eigenvalue weighted by Crippen LogP contribution is 2.24. The number of hydrogen-bond acceptors (Lipinski definition) is 3. The highest BCUT2D eigenvalue weighted by Gasteiger charge is 2.31. The lowest BCUT2D eigenvalue weighted by atomic mass is 10.1. The zero-order chi connectivity index (χ0) is 17.4. The Bertz CT molecular complexity index is 533. The normalized spacial score (nSPS) is 20.8. The molecule has 1 heterocycles. The van der Waals surface area contributed by atoms with Gasteiger partial charge in [-0.1, -0.05) is 30.3 Å². The van der Waals surface area contributed by atoms with E-state index in [1.165, 1.54) is 12.5 Å². The van der Waals surface area contributed by atoms with Crippen molar-refractivity contribution in [3.8, 4) is 0 Å². The molecule has 1 aromatic rings. The van der Waals surface area contributed by atoms with Gasteiger partial charge in [-0.25, -0.2) is 0 Å². The maximum atomic E-state index is 12.1. The van der Waals surface area contributed by atoms with Gasteiger partial charge in [0.05, 0.1) is 0 Å². The Balaban J connectivity index is 1.63. The van der Waals surface area contributed by atoms with E-state index in [0.29, 0.717) is 19.0 Å². The summed E-state index contributed by atoms with van der Waals surface area (Å²) in [6.07, 6.45) is 4.53. The van der Waals surface area contributed by atoms with E-state index < -0.39 is 0 Å². The summed E-state index contributed by atoms with van der Waals surface area (Å²) in [5, 5.41) is 5.90. The van der Waals surface area contributed by atoms with Crippen LogP contribution < -0.4 is 10.6 Å². The number of hydrogen-bond donors (Lipinski definition) is 2. The summed E-state index contributed by atoms with van der Waals surface area (Å²) in [6.45, 7) is 2.93. The van der Waals surface area contributed by atoms with Gasteiger partial charge >= 0.3 is 0 Å². The Morgan fingerprint density at radius 2 is 1.83 bits per heavy atom. The van der Waals surface area contributed by atoms with Crippen LogP contribution in [0.1, 0.15) is 38.2 Å². The monoisotopic (exact) mass is 331 g/mol. The van der Waals surface area contributed by atoms with Gasteiger partial charge in [0.1, 0.15) is 0 Å². The molecule has 2 atom stereocenters. The van der Waals surface area contributed by atoms with E-state index in [9.17, 15) is 9.59 Å². The molecule has 24 heavy (non-hydrogen) atoms. The molecular formula is C19H29N3O2. The quantitative estimate of drug-likeness (QED) is 0.713. The Kier molecular flexibility index (Phi) is 7.25. The maximum absolute atomic E-state index is 12.1. The Morgan fingerprint density at radius 3 is 2.54 bits per heavy atom. The lowest BCUT2D eigenvalue weighted by Gasteiger charge is -2.25. The minimum atomic E-state index is 0.00279. The van der Waals surface area contributed by atoms with Crippen LogP contribution in [0, 0.1) is 0 Å². The molecule has 1 aliphatic rings. The molecule has 1 aromatic carbocycles. The smallest absolute Gasteiger partial charge is 0.221 e. The van der Waals surface area contributed by atoms with Gasteiger partial charge in [-0.2, -0.15) is 0 Å². The van der Waals surface area contributed by atoms with Crippen LogP contribution in [0.3, 0.4) is 0 Å². The molecule has 0 spiro atoms. The third-order valence-corrected chi connectivity index (χ3v) is 4.80. The lowest BCUT2D eigenvalue weighted by Crippen LogP contribution is -2.42.